The number of halogens is 3. The van der Waals surface area contributed by atoms with E-state index in [0.29, 0.717) is 25.4 Å². The molecule has 0 bridgehead atoms. The molecule has 1 N–H and O–H groups in total. The van der Waals surface area contributed by atoms with Crippen molar-refractivity contribution in [1.29, 1.82) is 0 Å². The minimum Gasteiger partial charge on any atom is -0.379 e. The van der Waals surface area contributed by atoms with Gasteiger partial charge in [0.25, 0.3) is 0 Å². The van der Waals surface area contributed by atoms with Crippen LogP contribution in [-0.2, 0) is 15.7 Å². The molecule has 2 atom stereocenters. The first kappa shape index (κ1) is 18.5. The quantitative estimate of drug-likeness (QED) is 0.845. The highest BCUT2D eigenvalue weighted by Crippen LogP contribution is 2.30. The second-order valence-corrected chi connectivity index (χ2v) is 6.06. The number of anilines is 1. The van der Waals surface area contributed by atoms with E-state index in [2.05, 4.69) is 20.3 Å². The zero-order valence-electron chi connectivity index (χ0n) is 14.2. The van der Waals surface area contributed by atoms with Crippen LogP contribution >= 0.6 is 0 Å². The molecule has 0 aromatic carbocycles. The number of aromatic nitrogens is 3. The molecular weight excluding hydrogens is 349 g/mol. The topological polar surface area (TPSA) is 69.2 Å². The maximum absolute atomic E-state index is 13.2. The summed E-state index contributed by atoms with van der Waals surface area (Å²) in [6.07, 6.45) is -0.756. The Hall–Kier alpha value is -2.26. The fourth-order valence-corrected chi connectivity index (χ4v) is 2.52. The fourth-order valence-electron chi connectivity index (χ4n) is 2.52. The molecule has 26 heavy (non-hydrogen) atoms. The van der Waals surface area contributed by atoms with Crippen molar-refractivity contribution >= 4 is 5.82 Å². The van der Waals surface area contributed by atoms with Gasteiger partial charge in [0.15, 0.2) is 11.5 Å². The van der Waals surface area contributed by atoms with Crippen molar-refractivity contribution in [2.45, 2.75) is 31.7 Å². The Kier molecular flexibility index (Phi) is 5.67. The van der Waals surface area contributed by atoms with Gasteiger partial charge in [-0.05, 0) is 25.5 Å². The third kappa shape index (κ3) is 4.89. The highest BCUT2D eigenvalue weighted by Gasteiger charge is 2.34. The van der Waals surface area contributed by atoms with E-state index in [-0.39, 0.29) is 23.8 Å². The second-order valence-electron chi connectivity index (χ2n) is 6.06. The molecule has 3 heterocycles. The van der Waals surface area contributed by atoms with Crippen molar-refractivity contribution in [2.75, 3.05) is 25.1 Å². The molecule has 2 aromatic rings. The summed E-state index contributed by atoms with van der Waals surface area (Å²) >= 11 is 0. The molecule has 9 heteroatoms. The van der Waals surface area contributed by atoms with Crippen LogP contribution in [0.2, 0.25) is 0 Å². The summed E-state index contributed by atoms with van der Waals surface area (Å²) in [4.78, 5) is 11.7. The van der Waals surface area contributed by atoms with Crippen LogP contribution in [0.4, 0.5) is 19.0 Å². The molecule has 3 rings (SSSR count). The van der Waals surface area contributed by atoms with Crippen LogP contribution in [0, 0.1) is 0 Å². The van der Waals surface area contributed by atoms with Gasteiger partial charge in [0.1, 0.15) is 5.82 Å². The van der Waals surface area contributed by atoms with Gasteiger partial charge >= 0.3 is 6.18 Å². The molecule has 6 nitrogen and oxygen atoms in total. The average molecular weight is 368 g/mol. The van der Waals surface area contributed by atoms with Gasteiger partial charge in [-0.2, -0.15) is 13.2 Å². The molecule has 0 spiro atoms. The first-order valence-electron chi connectivity index (χ1n) is 8.24. The monoisotopic (exact) mass is 368 g/mol. The molecule has 1 fully saturated rings. The zero-order valence-corrected chi connectivity index (χ0v) is 14.2. The van der Waals surface area contributed by atoms with Crippen LogP contribution in [0.15, 0.2) is 30.6 Å². The third-order valence-electron chi connectivity index (χ3n) is 3.82. The van der Waals surface area contributed by atoms with Gasteiger partial charge in [0.05, 0.1) is 19.3 Å². The lowest BCUT2D eigenvalue weighted by atomic mass is 10.2. The molecule has 0 aliphatic carbocycles. The van der Waals surface area contributed by atoms with Crippen LogP contribution in [0.5, 0.6) is 0 Å². The smallest absolute Gasteiger partial charge is 0.379 e. The molecule has 1 saturated heterocycles. The molecule has 0 amide bonds. The first-order valence-corrected chi connectivity index (χ1v) is 8.24. The summed E-state index contributed by atoms with van der Waals surface area (Å²) in [5.74, 6) is 0.0833. The van der Waals surface area contributed by atoms with E-state index >= 15 is 0 Å². The van der Waals surface area contributed by atoms with E-state index in [1.165, 1.54) is 12.4 Å². The van der Waals surface area contributed by atoms with Gasteiger partial charge < -0.3 is 14.8 Å². The van der Waals surface area contributed by atoms with Crippen LogP contribution in [0.25, 0.3) is 11.4 Å². The maximum Gasteiger partial charge on any atom is 0.433 e. The Bertz CT molecular complexity index is 722. The maximum atomic E-state index is 13.2. The Morgan fingerprint density at radius 1 is 1.31 bits per heavy atom. The van der Waals surface area contributed by atoms with Crippen LogP contribution in [0.1, 0.15) is 19.0 Å². The summed E-state index contributed by atoms with van der Waals surface area (Å²) in [5, 5.41) is 2.96. The van der Waals surface area contributed by atoms with Gasteiger partial charge in [-0.3, -0.25) is 4.98 Å². The van der Waals surface area contributed by atoms with E-state index in [4.69, 9.17) is 9.47 Å². The number of pyridine rings is 1. The van der Waals surface area contributed by atoms with Crippen LogP contribution < -0.4 is 5.32 Å². The zero-order chi connectivity index (χ0) is 18.6. The largest absolute Gasteiger partial charge is 0.433 e. The molecule has 140 valence electrons. The van der Waals surface area contributed by atoms with Crippen LogP contribution in [0.3, 0.4) is 0 Å². The summed E-state index contributed by atoms with van der Waals surface area (Å²) < 4.78 is 50.5. The third-order valence-corrected chi connectivity index (χ3v) is 3.82. The number of hydrogen-bond donors (Lipinski definition) is 1. The Morgan fingerprint density at radius 3 is 2.73 bits per heavy atom. The van der Waals surface area contributed by atoms with Crippen molar-refractivity contribution in [3.05, 3.63) is 36.3 Å². The predicted molar refractivity (Wildman–Crippen MR) is 88.5 cm³/mol. The van der Waals surface area contributed by atoms with E-state index in [1.54, 1.807) is 12.1 Å². The fraction of sp³-hybridized carbons (Fsp3) is 0.471. The van der Waals surface area contributed by atoms with Gasteiger partial charge in [-0.25, -0.2) is 9.97 Å². The van der Waals surface area contributed by atoms with Crippen molar-refractivity contribution in [3.8, 4) is 11.4 Å². The van der Waals surface area contributed by atoms with Gasteiger partial charge in [0, 0.05) is 36.7 Å². The number of nitrogens with one attached hydrogen (secondary N) is 1. The summed E-state index contributed by atoms with van der Waals surface area (Å²) in [7, 11) is 0. The minimum atomic E-state index is -4.57. The number of nitrogens with zero attached hydrogens (tertiary/aromatic N) is 3. The van der Waals surface area contributed by atoms with Gasteiger partial charge in [-0.15, -0.1) is 0 Å². The summed E-state index contributed by atoms with van der Waals surface area (Å²) in [6, 6.07) is 3.80. The SMILES string of the molecule is CC(COC1CCOC1)Nc1cc(C(F)(F)F)nc(-c2ccncc2)n1. The van der Waals surface area contributed by atoms with E-state index in [1.807, 2.05) is 6.92 Å². The standard InChI is InChI=1S/C17H19F3N4O2/c1-11(9-26-13-4-7-25-10-13)22-15-8-14(17(18,19)20)23-16(24-15)12-2-5-21-6-3-12/h2-3,5-6,8,11,13H,4,7,9-10H2,1H3,(H,22,23,24). The number of ether oxygens (including phenoxy) is 2. The van der Waals surface area contributed by atoms with Gasteiger partial charge in [0.2, 0.25) is 0 Å². The summed E-state index contributed by atoms with van der Waals surface area (Å²) in [6.45, 7) is 3.37. The highest BCUT2D eigenvalue weighted by molar-refractivity contribution is 5.57. The number of alkyl halides is 3. The highest BCUT2D eigenvalue weighted by atomic mass is 19.4. The molecule has 1 aliphatic heterocycles. The Morgan fingerprint density at radius 2 is 2.08 bits per heavy atom. The second kappa shape index (κ2) is 7.96. The molecule has 2 unspecified atom stereocenters. The number of rotatable bonds is 6. The van der Waals surface area contributed by atoms with Crippen LogP contribution in [-0.4, -0.2) is 46.9 Å². The first-order chi connectivity index (χ1) is 12.4. The summed E-state index contributed by atoms with van der Waals surface area (Å²) in [5.41, 5.74) is -0.541. The van der Waals surface area contributed by atoms with Crippen molar-refractivity contribution < 1.29 is 22.6 Å². The normalized spacial score (nSPS) is 18.7. The molecule has 0 saturated carbocycles. The molecule has 0 radical (unpaired) electrons. The number of hydrogen-bond acceptors (Lipinski definition) is 6. The van der Waals surface area contributed by atoms with Crippen molar-refractivity contribution in [1.82, 2.24) is 15.0 Å². The van der Waals surface area contributed by atoms with Crippen molar-refractivity contribution in [3.63, 3.8) is 0 Å². The van der Waals surface area contributed by atoms with E-state index < -0.39 is 11.9 Å². The van der Waals surface area contributed by atoms with E-state index in [9.17, 15) is 13.2 Å². The molecule has 2 aromatic heterocycles. The molecular formula is C17H19F3N4O2. The average Bonchev–Trinajstić information content (AvgIpc) is 3.13. The predicted octanol–water partition coefficient (Wildman–Crippen LogP) is 3.16. The Labute approximate surface area is 148 Å². The molecule has 1 aliphatic rings. The van der Waals surface area contributed by atoms with E-state index in [0.717, 1.165) is 12.5 Å². The lowest BCUT2D eigenvalue weighted by Crippen LogP contribution is -2.26. The lowest BCUT2D eigenvalue weighted by molar-refractivity contribution is -0.141. The Balaban J connectivity index is 1.76. The van der Waals surface area contributed by atoms with Gasteiger partial charge in [-0.1, -0.05) is 0 Å². The van der Waals surface area contributed by atoms with Crippen molar-refractivity contribution in [2.24, 2.45) is 0 Å². The minimum absolute atomic E-state index is 0.0120. The lowest BCUT2D eigenvalue weighted by Gasteiger charge is -2.18.